The number of aromatic nitrogens is 1. The minimum Gasteiger partial charge on any atom is -0.487 e. The van der Waals surface area contributed by atoms with Crippen LogP contribution in [0.2, 0.25) is 0 Å². The number of nitrogens with two attached hydrogens (primary N) is 1. The van der Waals surface area contributed by atoms with Gasteiger partial charge in [-0.15, -0.1) is 0 Å². The molecular formula is C10H13N3O2. The molecule has 3 N–H and O–H groups in total. The summed E-state index contributed by atoms with van der Waals surface area (Å²) in [6.45, 7) is 0. The highest BCUT2D eigenvalue weighted by Gasteiger charge is 2.24. The van der Waals surface area contributed by atoms with Crippen LogP contribution in [0, 0.1) is 0 Å². The number of carbonyl (C=O) groups is 1. The van der Waals surface area contributed by atoms with Crippen LogP contribution >= 0.6 is 0 Å². The Labute approximate surface area is 87.6 Å². The molecule has 1 fully saturated rings. The van der Waals surface area contributed by atoms with Gasteiger partial charge in [-0.3, -0.25) is 4.79 Å². The molecule has 1 aliphatic rings. The Morgan fingerprint density at radius 2 is 2.33 bits per heavy atom. The Kier molecular flexibility index (Phi) is 2.45. The topological polar surface area (TPSA) is 77.2 Å². The lowest BCUT2D eigenvalue weighted by molar-refractivity contribution is 0.0958. The van der Waals surface area contributed by atoms with E-state index in [0.29, 0.717) is 11.4 Å². The number of ether oxygens (including phenoxy) is 1. The maximum absolute atomic E-state index is 11.2. The largest absolute Gasteiger partial charge is 0.487 e. The predicted molar refractivity (Wildman–Crippen MR) is 55.7 cm³/mol. The molecule has 0 saturated heterocycles. The molecule has 0 aliphatic heterocycles. The summed E-state index contributed by atoms with van der Waals surface area (Å²) in [6, 6.07) is 3.29. The van der Waals surface area contributed by atoms with Crippen molar-refractivity contribution in [2.24, 2.45) is 0 Å². The lowest BCUT2D eigenvalue weighted by Crippen LogP contribution is -2.19. The lowest BCUT2D eigenvalue weighted by Gasteiger charge is -2.07. The molecule has 1 amide bonds. The molecule has 5 heteroatoms. The highest BCUT2D eigenvalue weighted by atomic mass is 16.5. The van der Waals surface area contributed by atoms with E-state index < -0.39 is 0 Å². The number of pyridine rings is 1. The molecule has 1 heterocycles. The molecule has 80 valence electrons. The van der Waals surface area contributed by atoms with E-state index in [2.05, 4.69) is 10.3 Å². The zero-order valence-corrected chi connectivity index (χ0v) is 8.49. The normalized spacial score (nSPS) is 14.7. The minimum atomic E-state index is -0.250. The van der Waals surface area contributed by atoms with Crippen molar-refractivity contribution in [1.29, 1.82) is 0 Å². The number of nitrogen functional groups attached to an aromatic ring is 1. The van der Waals surface area contributed by atoms with Crippen LogP contribution in [0.1, 0.15) is 23.3 Å². The van der Waals surface area contributed by atoms with Crippen molar-refractivity contribution in [3.05, 3.63) is 17.8 Å². The second-order valence-electron chi connectivity index (χ2n) is 3.48. The van der Waals surface area contributed by atoms with Crippen molar-refractivity contribution >= 4 is 11.7 Å². The molecule has 1 aliphatic carbocycles. The molecular weight excluding hydrogens is 194 g/mol. The molecule has 0 aromatic carbocycles. The monoisotopic (exact) mass is 207 g/mol. The van der Waals surface area contributed by atoms with Crippen LogP contribution in [0.4, 0.5) is 5.82 Å². The Hall–Kier alpha value is -1.78. The Morgan fingerprint density at radius 1 is 1.60 bits per heavy atom. The molecule has 1 saturated carbocycles. The van der Waals surface area contributed by atoms with Gasteiger partial charge in [0.05, 0.1) is 6.10 Å². The first-order chi connectivity index (χ1) is 7.20. The third-order valence-electron chi connectivity index (χ3n) is 2.16. The highest BCUT2D eigenvalue weighted by molar-refractivity contribution is 5.92. The van der Waals surface area contributed by atoms with E-state index in [0.717, 1.165) is 12.8 Å². The fraction of sp³-hybridized carbons (Fsp3) is 0.400. The van der Waals surface area contributed by atoms with Crippen LogP contribution in [0.15, 0.2) is 12.1 Å². The van der Waals surface area contributed by atoms with E-state index in [1.807, 2.05) is 0 Å². The van der Waals surface area contributed by atoms with Crippen LogP contribution in [0.3, 0.4) is 0 Å². The number of nitrogens with one attached hydrogen (secondary N) is 1. The number of anilines is 1. The summed E-state index contributed by atoms with van der Waals surface area (Å²) in [5, 5.41) is 2.48. The molecule has 0 radical (unpaired) electrons. The molecule has 0 spiro atoms. The quantitative estimate of drug-likeness (QED) is 0.759. The smallest absolute Gasteiger partial charge is 0.269 e. The van der Waals surface area contributed by atoms with Crippen LogP contribution in [-0.4, -0.2) is 24.0 Å². The first-order valence-electron chi connectivity index (χ1n) is 4.86. The van der Waals surface area contributed by atoms with Gasteiger partial charge in [-0.05, 0) is 25.0 Å². The van der Waals surface area contributed by atoms with E-state index in [9.17, 15) is 4.79 Å². The van der Waals surface area contributed by atoms with Crippen molar-refractivity contribution < 1.29 is 9.53 Å². The van der Waals surface area contributed by atoms with Gasteiger partial charge >= 0.3 is 0 Å². The maximum atomic E-state index is 11.2. The zero-order valence-electron chi connectivity index (χ0n) is 8.49. The van der Waals surface area contributed by atoms with E-state index in [1.54, 1.807) is 19.2 Å². The fourth-order valence-electron chi connectivity index (χ4n) is 1.18. The van der Waals surface area contributed by atoms with Crippen LogP contribution in [-0.2, 0) is 0 Å². The zero-order chi connectivity index (χ0) is 10.8. The van der Waals surface area contributed by atoms with Gasteiger partial charge in [0.15, 0.2) is 11.6 Å². The van der Waals surface area contributed by atoms with Crippen molar-refractivity contribution in [2.75, 3.05) is 12.8 Å². The number of nitrogens with zero attached hydrogens (tertiary/aromatic N) is 1. The summed E-state index contributed by atoms with van der Waals surface area (Å²) in [6.07, 6.45) is 2.41. The van der Waals surface area contributed by atoms with Gasteiger partial charge in [-0.2, -0.15) is 0 Å². The lowest BCUT2D eigenvalue weighted by atomic mass is 10.3. The van der Waals surface area contributed by atoms with Crippen molar-refractivity contribution in [3.8, 4) is 5.75 Å². The van der Waals surface area contributed by atoms with Gasteiger partial charge in [0.25, 0.3) is 5.91 Å². The summed E-state index contributed by atoms with van der Waals surface area (Å²) in [7, 11) is 1.55. The van der Waals surface area contributed by atoms with Crippen molar-refractivity contribution in [2.45, 2.75) is 18.9 Å². The number of amides is 1. The first kappa shape index (κ1) is 9.76. The van der Waals surface area contributed by atoms with Gasteiger partial charge in [-0.25, -0.2) is 4.98 Å². The Balaban J connectivity index is 2.17. The second-order valence-corrected chi connectivity index (χ2v) is 3.48. The fourth-order valence-corrected chi connectivity index (χ4v) is 1.18. The highest BCUT2D eigenvalue weighted by Crippen LogP contribution is 2.29. The summed E-state index contributed by atoms with van der Waals surface area (Å²) in [4.78, 5) is 15.2. The number of hydrogen-bond donors (Lipinski definition) is 2. The van der Waals surface area contributed by atoms with Gasteiger partial charge in [0.1, 0.15) is 5.69 Å². The van der Waals surface area contributed by atoms with Crippen LogP contribution < -0.4 is 15.8 Å². The van der Waals surface area contributed by atoms with Gasteiger partial charge in [-0.1, -0.05) is 0 Å². The Morgan fingerprint density at radius 3 is 2.87 bits per heavy atom. The van der Waals surface area contributed by atoms with E-state index >= 15 is 0 Å². The van der Waals surface area contributed by atoms with Crippen LogP contribution in [0.25, 0.3) is 0 Å². The minimum absolute atomic E-state index is 0.250. The SMILES string of the molecule is CNC(=O)c1ccc(OC2CC2)c(N)n1. The van der Waals surface area contributed by atoms with Crippen LogP contribution in [0.5, 0.6) is 5.75 Å². The van der Waals surface area contributed by atoms with Gasteiger partial charge in [0.2, 0.25) is 0 Å². The average molecular weight is 207 g/mol. The Bertz CT molecular complexity index is 388. The number of hydrogen-bond acceptors (Lipinski definition) is 4. The molecule has 0 bridgehead atoms. The maximum Gasteiger partial charge on any atom is 0.269 e. The van der Waals surface area contributed by atoms with E-state index in [4.69, 9.17) is 10.5 Å². The molecule has 1 aromatic rings. The molecule has 0 unspecified atom stereocenters. The molecule has 1 aromatic heterocycles. The van der Waals surface area contributed by atoms with E-state index in [-0.39, 0.29) is 17.8 Å². The summed E-state index contributed by atoms with van der Waals surface area (Å²) >= 11 is 0. The molecule has 0 atom stereocenters. The molecule has 15 heavy (non-hydrogen) atoms. The van der Waals surface area contributed by atoms with Crippen molar-refractivity contribution in [3.63, 3.8) is 0 Å². The summed E-state index contributed by atoms with van der Waals surface area (Å²) in [5.74, 6) is 0.577. The number of rotatable bonds is 3. The first-order valence-corrected chi connectivity index (χ1v) is 4.86. The average Bonchev–Trinajstić information content (AvgIpc) is 3.04. The third kappa shape index (κ3) is 2.18. The van der Waals surface area contributed by atoms with Gasteiger partial charge in [0, 0.05) is 7.05 Å². The summed E-state index contributed by atoms with van der Waals surface area (Å²) in [5.41, 5.74) is 5.98. The second kappa shape index (κ2) is 3.76. The van der Waals surface area contributed by atoms with Crippen molar-refractivity contribution in [1.82, 2.24) is 10.3 Å². The van der Waals surface area contributed by atoms with E-state index in [1.165, 1.54) is 0 Å². The molecule has 5 nitrogen and oxygen atoms in total. The summed E-state index contributed by atoms with van der Waals surface area (Å²) < 4.78 is 5.51. The third-order valence-corrected chi connectivity index (χ3v) is 2.16. The number of carbonyl (C=O) groups excluding carboxylic acids is 1. The standard InChI is InChI=1S/C10H13N3O2/c1-12-10(14)7-4-5-8(9(11)13-7)15-6-2-3-6/h4-6H,2-3H2,1H3,(H2,11,13)(H,12,14). The predicted octanol–water partition coefficient (Wildman–Crippen LogP) is 0.565. The van der Waals surface area contributed by atoms with Gasteiger partial charge < -0.3 is 15.8 Å². The molecule has 2 rings (SSSR count).